The van der Waals surface area contributed by atoms with Gasteiger partial charge in [-0.2, -0.15) is 0 Å². The molecule has 1 unspecified atom stereocenters. The van der Waals surface area contributed by atoms with Crippen molar-refractivity contribution in [1.82, 2.24) is 0 Å². The first-order chi connectivity index (χ1) is 14.3. The molecule has 0 heterocycles. The fourth-order valence-corrected chi connectivity index (χ4v) is 9.06. The van der Waals surface area contributed by atoms with Crippen molar-refractivity contribution in [3.05, 3.63) is 23.0 Å². The largest absolute Gasteiger partial charge is 0.414 e. The molecule has 4 aliphatic rings. The highest BCUT2D eigenvalue weighted by Gasteiger charge is 2.58. The van der Waals surface area contributed by atoms with E-state index in [1.165, 1.54) is 19.3 Å². The molecule has 6 atom stereocenters. The molecule has 0 aromatic heterocycles. The van der Waals surface area contributed by atoms with Crippen molar-refractivity contribution in [1.29, 1.82) is 0 Å². The van der Waals surface area contributed by atoms with Gasteiger partial charge in [0, 0.05) is 6.10 Å². The van der Waals surface area contributed by atoms with Gasteiger partial charge in [-0.25, -0.2) is 4.39 Å². The normalized spacial score (nSPS) is 42.4. The molecule has 4 rings (SSSR count). The molecule has 3 fully saturated rings. The molecule has 31 heavy (non-hydrogen) atoms. The van der Waals surface area contributed by atoms with Crippen molar-refractivity contribution < 1.29 is 13.9 Å². The average molecular weight is 449 g/mol. The summed E-state index contributed by atoms with van der Waals surface area (Å²) in [6, 6.07) is 0. The van der Waals surface area contributed by atoms with Crippen LogP contribution in [0.4, 0.5) is 4.39 Å². The van der Waals surface area contributed by atoms with Crippen LogP contribution in [0.25, 0.3) is 0 Å². The molecule has 0 spiro atoms. The van der Waals surface area contributed by atoms with Crippen LogP contribution in [0, 0.1) is 28.6 Å². The minimum absolute atomic E-state index is 0.0433. The SMILES string of the molecule is CC(C)(C)[Si](C)(C)OC1CC[C@@]2(C)C(=CC[C@@H]3[C@@H]2CC[C@]2(C)C(=C(F)CO)CC[C@@H]32)C1. The van der Waals surface area contributed by atoms with Crippen LogP contribution in [0.15, 0.2) is 23.0 Å². The summed E-state index contributed by atoms with van der Waals surface area (Å²) in [5.74, 6) is 1.70. The minimum Gasteiger partial charge on any atom is -0.414 e. The van der Waals surface area contributed by atoms with Crippen LogP contribution in [0.3, 0.4) is 0 Å². The molecule has 176 valence electrons. The monoisotopic (exact) mass is 448 g/mol. The fourth-order valence-electron chi connectivity index (χ4n) is 7.68. The summed E-state index contributed by atoms with van der Waals surface area (Å²) < 4.78 is 21.3. The Bertz CT molecular complexity index is 779. The van der Waals surface area contributed by atoms with Crippen LogP contribution in [-0.4, -0.2) is 26.1 Å². The maximum atomic E-state index is 14.5. The Balaban J connectivity index is 1.55. The van der Waals surface area contributed by atoms with E-state index in [4.69, 9.17) is 4.43 Å². The van der Waals surface area contributed by atoms with Crippen LogP contribution in [0.2, 0.25) is 18.1 Å². The first kappa shape index (κ1) is 23.7. The van der Waals surface area contributed by atoms with E-state index in [9.17, 15) is 9.50 Å². The van der Waals surface area contributed by atoms with Crippen molar-refractivity contribution in [3.8, 4) is 0 Å². The van der Waals surface area contributed by atoms with Gasteiger partial charge in [-0.05, 0) is 104 Å². The third-order valence-electron chi connectivity index (χ3n) is 10.6. The number of aliphatic hydroxyl groups excluding tert-OH is 1. The van der Waals surface area contributed by atoms with E-state index in [0.717, 1.165) is 43.6 Å². The van der Waals surface area contributed by atoms with Crippen LogP contribution in [0.1, 0.15) is 86.0 Å². The lowest BCUT2D eigenvalue weighted by molar-refractivity contribution is -0.0261. The predicted octanol–water partition coefficient (Wildman–Crippen LogP) is 7.56. The number of halogens is 1. The number of rotatable bonds is 3. The van der Waals surface area contributed by atoms with Crippen LogP contribution >= 0.6 is 0 Å². The van der Waals surface area contributed by atoms with Crippen LogP contribution in [0.5, 0.6) is 0 Å². The smallest absolute Gasteiger partial charge is 0.192 e. The van der Waals surface area contributed by atoms with Gasteiger partial charge in [0.1, 0.15) is 5.83 Å². The zero-order valence-electron chi connectivity index (χ0n) is 21.0. The summed E-state index contributed by atoms with van der Waals surface area (Å²) in [5.41, 5.74) is 2.84. The van der Waals surface area contributed by atoms with Gasteiger partial charge in [0.05, 0.1) is 6.61 Å². The highest BCUT2D eigenvalue weighted by molar-refractivity contribution is 6.74. The van der Waals surface area contributed by atoms with Crippen LogP contribution in [-0.2, 0) is 4.43 Å². The van der Waals surface area contributed by atoms with Gasteiger partial charge in [0.2, 0.25) is 0 Å². The van der Waals surface area contributed by atoms with Gasteiger partial charge in [0.15, 0.2) is 8.32 Å². The molecule has 0 amide bonds. The zero-order valence-corrected chi connectivity index (χ0v) is 22.0. The van der Waals surface area contributed by atoms with Gasteiger partial charge in [-0.15, -0.1) is 0 Å². The second-order valence-corrected chi connectivity index (χ2v) is 17.8. The number of aliphatic hydroxyl groups is 1. The highest BCUT2D eigenvalue weighted by atomic mass is 28.4. The van der Waals surface area contributed by atoms with E-state index >= 15 is 0 Å². The first-order valence-corrected chi connectivity index (χ1v) is 15.6. The zero-order chi connectivity index (χ0) is 22.8. The Morgan fingerprint density at radius 3 is 2.42 bits per heavy atom. The van der Waals surface area contributed by atoms with E-state index < -0.39 is 14.9 Å². The van der Waals surface area contributed by atoms with Crippen molar-refractivity contribution in [3.63, 3.8) is 0 Å². The van der Waals surface area contributed by atoms with Gasteiger partial charge in [-0.3, -0.25) is 0 Å². The predicted molar refractivity (Wildman–Crippen MR) is 129 cm³/mol. The Morgan fingerprint density at radius 1 is 1.13 bits per heavy atom. The van der Waals surface area contributed by atoms with E-state index in [0.29, 0.717) is 23.4 Å². The molecule has 1 N–H and O–H groups in total. The lowest BCUT2D eigenvalue weighted by Gasteiger charge is -2.58. The molecule has 4 aliphatic carbocycles. The second-order valence-electron chi connectivity index (χ2n) is 13.0. The lowest BCUT2D eigenvalue weighted by atomic mass is 9.48. The van der Waals surface area contributed by atoms with Gasteiger partial charge in [-0.1, -0.05) is 46.3 Å². The summed E-state index contributed by atoms with van der Waals surface area (Å²) in [6.07, 6.45) is 11.8. The molecule has 0 aromatic carbocycles. The molecular formula is C27H45FO2Si. The molecule has 0 saturated heterocycles. The topological polar surface area (TPSA) is 29.5 Å². The van der Waals surface area contributed by atoms with E-state index in [2.05, 4.69) is 53.8 Å². The summed E-state index contributed by atoms with van der Waals surface area (Å²) in [7, 11) is -1.75. The fraction of sp³-hybridized carbons (Fsp3) is 0.852. The first-order valence-electron chi connectivity index (χ1n) is 12.7. The Hall–Kier alpha value is -0.453. The Labute approximate surface area is 190 Å². The standard InChI is InChI=1S/C27H45FO2Si/c1-25(2,3)31(6,7)30-19-12-14-26(4)18(16-19)8-9-20-21-10-11-23(24(28)17-29)27(21,5)15-13-22(20)26/h8,19-22,29H,9-17H2,1-7H3/t19?,20-,21-,22-,26-,27-/m0/s1. The van der Waals surface area contributed by atoms with E-state index in [1.807, 2.05) is 0 Å². The minimum atomic E-state index is -1.75. The van der Waals surface area contributed by atoms with E-state index in [-0.39, 0.29) is 16.3 Å². The molecule has 0 aliphatic heterocycles. The number of fused-ring (bicyclic) bond motifs is 5. The highest BCUT2D eigenvalue weighted by Crippen LogP contribution is 2.66. The molecule has 2 nitrogen and oxygen atoms in total. The van der Waals surface area contributed by atoms with Crippen molar-refractivity contribution in [2.45, 2.75) is 110 Å². The second kappa shape index (κ2) is 7.80. The summed E-state index contributed by atoms with van der Waals surface area (Å²) in [4.78, 5) is 0. The third-order valence-corrected chi connectivity index (χ3v) is 15.1. The molecule has 0 aromatic rings. The number of hydrogen-bond acceptors (Lipinski definition) is 2. The quantitative estimate of drug-likeness (QED) is 0.356. The van der Waals surface area contributed by atoms with Crippen LogP contribution < -0.4 is 0 Å². The molecular weight excluding hydrogens is 403 g/mol. The summed E-state index contributed by atoms with van der Waals surface area (Å²) in [5, 5.41) is 9.69. The lowest BCUT2D eigenvalue weighted by Crippen LogP contribution is -2.51. The van der Waals surface area contributed by atoms with Crippen molar-refractivity contribution in [2.24, 2.45) is 28.6 Å². The Morgan fingerprint density at radius 2 is 1.77 bits per heavy atom. The van der Waals surface area contributed by atoms with Gasteiger partial charge < -0.3 is 9.53 Å². The molecule has 0 radical (unpaired) electrons. The number of hydrogen-bond donors (Lipinski definition) is 1. The molecule has 4 heteroatoms. The average Bonchev–Trinajstić information content (AvgIpc) is 3.04. The van der Waals surface area contributed by atoms with Crippen molar-refractivity contribution >= 4 is 8.32 Å². The van der Waals surface area contributed by atoms with E-state index in [1.54, 1.807) is 5.57 Å². The van der Waals surface area contributed by atoms with Gasteiger partial charge >= 0.3 is 0 Å². The maximum Gasteiger partial charge on any atom is 0.192 e. The molecule has 0 bridgehead atoms. The number of allylic oxidation sites excluding steroid dienone is 2. The summed E-state index contributed by atoms with van der Waals surface area (Å²) in [6.45, 7) is 16.1. The molecule has 3 saturated carbocycles. The van der Waals surface area contributed by atoms with Crippen molar-refractivity contribution in [2.75, 3.05) is 6.61 Å². The maximum absolute atomic E-state index is 14.5. The van der Waals surface area contributed by atoms with Gasteiger partial charge in [0.25, 0.3) is 0 Å². The Kier molecular flexibility index (Phi) is 5.97. The summed E-state index contributed by atoms with van der Waals surface area (Å²) >= 11 is 0. The third kappa shape index (κ3) is 3.73.